The molecule has 0 bridgehead atoms. The summed E-state index contributed by atoms with van der Waals surface area (Å²) in [6.07, 6.45) is 0. The molecule has 1 N–H and O–H groups in total. The van der Waals surface area contributed by atoms with E-state index in [9.17, 15) is 14.7 Å². The van der Waals surface area contributed by atoms with Crippen LogP contribution in [0.5, 0.6) is 0 Å². The minimum atomic E-state index is -1.05. The van der Waals surface area contributed by atoms with Gasteiger partial charge in [0.25, 0.3) is 0 Å². The smallest absolute Gasteiger partial charge is 0.333 e. The molecule has 98 valence electrons. The number of carbonyl (C=O) groups is 2. The highest BCUT2D eigenvalue weighted by Crippen LogP contribution is 2.20. The summed E-state index contributed by atoms with van der Waals surface area (Å²) in [5, 5.41) is 16.9. The Morgan fingerprint density at radius 1 is 1.26 bits per heavy atom. The van der Waals surface area contributed by atoms with Gasteiger partial charge in [0.15, 0.2) is 17.5 Å². The fraction of sp³-hybridized carbons (Fsp3) is 0.231. The maximum atomic E-state index is 11.5. The van der Waals surface area contributed by atoms with Crippen LogP contribution in [0.4, 0.5) is 0 Å². The first kappa shape index (κ1) is 12.9. The van der Waals surface area contributed by atoms with Crippen LogP contribution in [-0.4, -0.2) is 31.9 Å². The van der Waals surface area contributed by atoms with Crippen molar-refractivity contribution in [1.29, 1.82) is 0 Å². The summed E-state index contributed by atoms with van der Waals surface area (Å²) in [4.78, 5) is 22.8. The Morgan fingerprint density at radius 3 is 2.37 bits per heavy atom. The van der Waals surface area contributed by atoms with Gasteiger partial charge in [-0.2, -0.15) is 0 Å². The number of ketones is 1. The van der Waals surface area contributed by atoms with Gasteiger partial charge < -0.3 is 5.11 Å². The van der Waals surface area contributed by atoms with Crippen molar-refractivity contribution >= 4 is 11.8 Å². The number of Topliss-reactive ketones (excluding diaryl/α,β-unsaturated/α-hetero) is 1. The van der Waals surface area contributed by atoms with Gasteiger partial charge in [-0.25, -0.2) is 9.48 Å². The Morgan fingerprint density at radius 2 is 1.89 bits per heavy atom. The van der Waals surface area contributed by atoms with E-state index >= 15 is 0 Å². The van der Waals surface area contributed by atoms with E-state index in [4.69, 9.17) is 0 Å². The third kappa shape index (κ3) is 2.37. The lowest BCUT2D eigenvalue weighted by atomic mass is 10.1. The molecule has 0 fully saturated rings. The standard InChI is InChI=1S/C13H13N3O3/c1-8-11(9(2)17)14-15-16(8)12(13(18)19)10-6-4-3-5-7-10/h3-7,12H,1-2H3,(H,18,19). The van der Waals surface area contributed by atoms with Crippen LogP contribution >= 0.6 is 0 Å². The zero-order valence-corrected chi connectivity index (χ0v) is 10.6. The average Bonchev–Trinajstić information content (AvgIpc) is 2.73. The Labute approximate surface area is 109 Å². The fourth-order valence-corrected chi connectivity index (χ4v) is 1.94. The second-order valence-electron chi connectivity index (χ2n) is 4.18. The van der Waals surface area contributed by atoms with E-state index in [1.54, 1.807) is 37.3 Å². The summed E-state index contributed by atoms with van der Waals surface area (Å²) in [5.41, 5.74) is 1.23. The maximum Gasteiger partial charge on any atom is 0.333 e. The van der Waals surface area contributed by atoms with E-state index in [1.807, 2.05) is 0 Å². The van der Waals surface area contributed by atoms with E-state index in [0.29, 0.717) is 11.3 Å². The van der Waals surface area contributed by atoms with Crippen molar-refractivity contribution in [2.24, 2.45) is 0 Å². The first-order valence-corrected chi connectivity index (χ1v) is 5.73. The fourth-order valence-electron chi connectivity index (χ4n) is 1.94. The second kappa shape index (κ2) is 5.01. The van der Waals surface area contributed by atoms with E-state index in [2.05, 4.69) is 10.3 Å². The third-order valence-electron chi connectivity index (χ3n) is 2.85. The largest absolute Gasteiger partial charge is 0.479 e. The van der Waals surface area contributed by atoms with E-state index in [-0.39, 0.29) is 11.5 Å². The molecule has 1 aromatic heterocycles. The highest BCUT2D eigenvalue weighted by atomic mass is 16.4. The minimum Gasteiger partial charge on any atom is -0.479 e. The van der Waals surface area contributed by atoms with Crippen molar-refractivity contribution in [2.45, 2.75) is 19.9 Å². The maximum absolute atomic E-state index is 11.5. The van der Waals surface area contributed by atoms with E-state index < -0.39 is 12.0 Å². The van der Waals surface area contributed by atoms with Gasteiger partial charge in [0.05, 0.1) is 5.69 Å². The van der Waals surface area contributed by atoms with E-state index in [0.717, 1.165) is 0 Å². The molecule has 0 spiro atoms. The average molecular weight is 259 g/mol. The molecule has 6 heteroatoms. The molecular weight excluding hydrogens is 246 g/mol. The molecule has 0 aliphatic carbocycles. The number of hydrogen-bond acceptors (Lipinski definition) is 4. The predicted octanol–water partition coefficient (Wildman–Crippen LogP) is 1.46. The van der Waals surface area contributed by atoms with Crippen LogP contribution in [0, 0.1) is 6.92 Å². The minimum absolute atomic E-state index is 0.196. The SMILES string of the molecule is CC(=O)c1nnn(C(C(=O)O)c2ccccc2)c1C. The van der Waals surface area contributed by atoms with Gasteiger partial charge in [-0.1, -0.05) is 35.5 Å². The highest BCUT2D eigenvalue weighted by molar-refractivity contribution is 5.93. The third-order valence-corrected chi connectivity index (χ3v) is 2.85. The summed E-state index contributed by atoms with van der Waals surface area (Å²) in [5.74, 6) is -1.28. The molecule has 6 nitrogen and oxygen atoms in total. The van der Waals surface area contributed by atoms with Crippen LogP contribution in [0.1, 0.15) is 34.7 Å². The normalized spacial score (nSPS) is 12.1. The van der Waals surface area contributed by atoms with Gasteiger partial charge in [-0.05, 0) is 12.5 Å². The molecule has 19 heavy (non-hydrogen) atoms. The van der Waals surface area contributed by atoms with Crippen molar-refractivity contribution in [3.8, 4) is 0 Å². The quantitative estimate of drug-likeness (QED) is 0.840. The number of rotatable bonds is 4. The number of nitrogens with zero attached hydrogens (tertiary/aromatic N) is 3. The molecule has 0 saturated heterocycles. The topological polar surface area (TPSA) is 85.1 Å². The van der Waals surface area contributed by atoms with Crippen molar-refractivity contribution < 1.29 is 14.7 Å². The molecule has 1 heterocycles. The molecule has 0 saturated carbocycles. The Hall–Kier alpha value is -2.50. The van der Waals surface area contributed by atoms with Crippen LogP contribution in [0.15, 0.2) is 30.3 Å². The number of aromatic nitrogens is 3. The molecule has 0 aliphatic heterocycles. The molecule has 0 radical (unpaired) electrons. The number of carbonyl (C=O) groups excluding carboxylic acids is 1. The van der Waals surface area contributed by atoms with Crippen LogP contribution in [0.3, 0.4) is 0 Å². The molecule has 1 aromatic carbocycles. The zero-order chi connectivity index (χ0) is 14.0. The van der Waals surface area contributed by atoms with Crippen LogP contribution in [0.2, 0.25) is 0 Å². The lowest BCUT2D eigenvalue weighted by Crippen LogP contribution is -2.22. The Bertz CT molecular complexity index is 619. The van der Waals surface area contributed by atoms with Gasteiger partial charge in [-0.3, -0.25) is 4.79 Å². The molecule has 1 atom stereocenters. The Kier molecular flexibility index (Phi) is 3.41. The van der Waals surface area contributed by atoms with E-state index in [1.165, 1.54) is 11.6 Å². The summed E-state index contributed by atoms with van der Waals surface area (Å²) in [6, 6.07) is 7.73. The van der Waals surface area contributed by atoms with Crippen LogP contribution in [0.25, 0.3) is 0 Å². The van der Waals surface area contributed by atoms with Gasteiger partial charge in [0.2, 0.25) is 0 Å². The van der Waals surface area contributed by atoms with Gasteiger partial charge in [0.1, 0.15) is 0 Å². The van der Waals surface area contributed by atoms with Crippen LogP contribution in [-0.2, 0) is 4.79 Å². The number of hydrogen-bond donors (Lipinski definition) is 1. The molecular formula is C13H13N3O3. The lowest BCUT2D eigenvalue weighted by molar-refractivity contribution is -0.139. The monoisotopic (exact) mass is 259 g/mol. The Balaban J connectivity index is 2.53. The van der Waals surface area contributed by atoms with Crippen molar-refractivity contribution in [2.75, 3.05) is 0 Å². The summed E-state index contributed by atoms with van der Waals surface area (Å²) < 4.78 is 1.26. The first-order valence-electron chi connectivity index (χ1n) is 5.73. The predicted molar refractivity (Wildman–Crippen MR) is 67.0 cm³/mol. The summed E-state index contributed by atoms with van der Waals surface area (Å²) in [6.45, 7) is 3.01. The summed E-state index contributed by atoms with van der Waals surface area (Å²) >= 11 is 0. The number of carboxylic acid groups (broad SMARTS) is 1. The molecule has 2 rings (SSSR count). The number of aliphatic carboxylic acids is 1. The van der Waals surface area contributed by atoms with Gasteiger partial charge in [-0.15, -0.1) is 5.10 Å². The van der Waals surface area contributed by atoms with Crippen molar-refractivity contribution in [3.63, 3.8) is 0 Å². The van der Waals surface area contributed by atoms with Crippen LogP contribution < -0.4 is 0 Å². The number of benzene rings is 1. The zero-order valence-electron chi connectivity index (χ0n) is 10.6. The molecule has 1 unspecified atom stereocenters. The number of carboxylic acids is 1. The summed E-state index contributed by atoms with van der Waals surface area (Å²) in [7, 11) is 0. The van der Waals surface area contributed by atoms with Crippen molar-refractivity contribution in [1.82, 2.24) is 15.0 Å². The molecule has 2 aromatic rings. The van der Waals surface area contributed by atoms with Gasteiger partial charge >= 0.3 is 5.97 Å². The second-order valence-corrected chi connectivity index (χ2v) is 4.18. The van der Waals surface area contributed by atoms with Gasteiger partial charge in [0, 0.05) is 6.92 Å². The van der Waals surface area contributed by atoms with Crippen molar-refractivity contribution in [3.05, 3.63) is 47.3 Å². The highest BCUT2D eigenvalue weighted by Gasteiger charge is 2.26. The lowest BCUT2D eigenvalue weighted by Gasteiger charge is -2.14. The molecule has 0 aliphatic rings. The molecule has 0 amide bonds. The first-order chi connectivity index (χ1) is 9.02.